The molecule has 1 heterocycles. The van der Waals surface area contributed by atoms with Crippen molar-refractivity contribution in [3.63, 3.8) is 0 Å². The fourth-order valence-electron chi connectivity index (χ4n) is 1.31. The zero-order valence-electron chi connectivity index (χ0n) is 7.48. The van der Waals surface area contributed by atoms with E-state index in [1.807, 2.05) is 0 Å². The van der Waals surface area contributed by atoms with Gasteiger partial charge in [-0.2, -0.15) is 11.3 Å². The Balaban J connectivity index is 2.28. The van der Waals surface area contributed by atoms with Crippen molar-refractivity contribution >= 4 is 33.9 Å². The summed E-state index contributed by atoms with van der Waals surface area (Å²) >= 11 is 3.98. The Morgan fingerprint density at radius 1 is 1.07 bits per heavy atom. The molecule has 1 aromatic carbocycles. The summed E-state index contributed by atoms with van der Waals surface area (Å²) in [5.74, 6) is 0. The van der Waals surface area contributed by atoms with Crippen LogP contribution in [0.5, 0.6) is 0 Å². The minimum absolute atomic E-state index is 0.0123. The summed E-state index contributed by atoms with van der Waals surface area (Å²) in [4.78, 5) is 0. The van der Waals surface area contributed by atoms with E-state index in [0.717, 1.165) is 0 Å². The largest absolute Gasteiger partial charge is 0.320 e. The van der Waals surface area contributed by atoms with E-state index in [4.69, 9.17) is 5.73 Å². The van der Waals surface area contributed by atoms with E-state index >= 15 is 0 Å². The third-order valence-electron chi connectivity index (χ3n) is 2.13. The number of thiophene rings is 1. The Morgan fingerprint density at radius 2 is 1.79 bits per heavy atom. The molecule has 0 saturated carbocycles. The summed E-state index contributed by atoms with van der Waals surface area (Å²) in [7, 11) is 0. The van der Waals surface area contributed by atoms with Crippen LogP contribution in [-0.2, 0) is 0 Å². The first-order valence-electron chi connectivity index (χ1n) is 4.30. The number of halogens is 1. The van der Waals surface area contributed by atoms with Gasteiger partial charge in [0.2, 0.25) is 0 Å². The SMILES string of the molecule is N[C@H](c1ccc(I)cc1)c1ccsc1. The highest BCUT2D eigenvalue weighted by molar-refractivity contribution is 14.1. The van der Waals surface area contributed by atoms with E-state index < -0.39 is 0 Å². The van der Waals surface area contributed by atoms with Gasteiger partial charge in [0.15, 0.2) is 0 Å². The monoisotopic (exact) mass is 315 g/mol. The van der Waals surface area contributed by atoms with Crippen LogP contribution < -0.4 is 5.73 Å². The predicted octanol–water partition coefficient (Wildman–Crippen LogP) is 3.40. The molecule has 1 aromatic heterocycles. The molecule has 0 spiro atoms. The molecule has 0 aliphatic heterocycles. The highest BCUT2D eigenvalue weighted by Crippen LogP contribution is 2.22. The van der Waals surface area contributed by atoms with Gasteiger partial charge in [0.25, 0.3) is 0 Å². The second-order valence-electron chi connectivity index (χ2n) is 3.09. The molecular weight excluding hydrogens is 305 g/mol. The summed E-state index contributed by atoms with van der Waals surface area (Å²) in [5.41, 5.74) is 8.48. The van der Waals surface area contributed by atoms with Gasteiger partial charge in [-0.05, 0) is 62.7 Å². The van der Waals surface area contributed by atoms with Gasteiger partial charge in [0.1, 0.15) is 0 Å². The van der Waals surface area contributed by atoms with Crippen molar-refractivity contribution in [3.8, 4) is 0 Å². The lowest BCUT2D eigenvalue weighted by Crippen LogP contribution is -2.10. The minimum Gasteiger partial charge on any atom is -0.320 e. The Hall–Kier alpha value is -0.390. The number of hydrogen-bond donors (Lipinski definition) is 1. The minimum atomic E-state index is 0.0123. The van der Waals surface area contributed by atoms with Gasteiger partial charge >= 0.3 is 0 Å². The maximum atomic E-state index is 6.12. The molecule has 0 amide bonds. The van der Waals surface area contributed by atoms with Gasteiger partial charge in [0, 0.05) is 3.57 Å². The fraction of sp³-hybridized carbons (Fsp3) is 0.0909. The van der Waals surface area contributed by atoms with E-state index in [-0.39, 0.29) is 6.04 Å². The lowest BCUT2D eigenvalue weighted by atomic mass is 10.0. The number of benzene rings is 1. The molecule has 0 aliphatic rings. The average Bonchev–Trinajstić information content (AvgIpc) is 2.71. The van der Waals surface area contributed by atoms with E-state index in [9.17, 15) is 0 Å². The molecule has 2 N–H and O–H groups in total. The van der Waals surface area contributed by atoms with Crippen LogP contribution in [0.1, 0.15) is 17.2 Å². The molecule has 72 valence electrons. The Bertz CT molecular complexity index is 394. The smallest absolute Gasteiger partial charge is 0.0559 e. The molecular formula is C11H10INS. The van der Waals surface area contributed by atoms with Crippen molar-refractivity contribution in [2.24, 2.45) is 5.73 Å². The van der Waals surface area contributed by atoms with Crippen LogP contribution >= 0.6 is 33.9 Å². The second-order valence-corrected chi connectivity index (χ2v) is 5.11. The fourth-order valence-corrected chi connectivity index (χ4v) is 2.37. The lowest BCUT2D eigenvalue weighted by Gasteiger charge is -2.09. The summed E-state index contributed by atoms with van der Waals surface area (Å²) in [5, 5.41) is 4.16. The Kier molecular flexibility index (Phi) is 3.20. The molecule has 2 rings (SSSR count). The van der Waals surface area contributed by atoms with E-state index in [0.29, 0.717) is 0 Å². The summed E-state index contributed by atoms with van der Waals surface area (Å²) in [6.45, 7) is 0. The van der Waals surface area contributed by atoms with Gasteiger partial charge in [-0.3, -0.25) is 0 Å². The van der Waals surface area contributed by atoms with Crippen molar-refractivity contribution < 1.29 is 0 Å². The summed E-state index contributed by atoms with van der Waals surface area (Å²) < 4.78 is 1.24. The van der Waals surface area contributed by atoms with Crippen molar-refractivity contribution in [3.05, 3.63) is 55.8 Å². The van der Waals surface area contributed by atoms with Gasteiger partial charge in [-0.15, -0.1) is 0 Å². The van der Waals surface area contributed by atoms with Crippen LogP contribution in [-0.4, -0.2) is 0 Å². The van der Waals surface area contributed by atoms with Gasteiger partial charge in [-0.25, -0.2) is 0 Å². The van der Waals surface area contributed by atoms with Crippen LogP contribution in [0.3, 0.4) is 0 Å². The molecule has 1 nitrogen and oxygen atoms in total. The molecule has 0 saturated heterocycles. The highest BCUT2D eigenvalue weighted by Gasteiger charge is 2.08. The number of nitrogens with two attached hydrogens (primary N) is 1. The number of rotatable bonds is 2. The molecule has 0 bridgehead atoms. The maximum Gasteiger partial charge on any atom is 0.0559 e. The second kappa shape index (κ2) is 4.42. The molecule has 0 fully saturated rings. The van der Waals surface area contributed by atoms with Crippen LogP contribution in [0.15, 0.2) is 41.1 Å². The van der Waals surface area contributed by atoms with Crippen LogP contribution in [0.25, 0.3) is 0 Å². The van der Waals surface area contributed by atoms with Gasteiger partial charge < -0.3 is 5.73 Å². The first-order valence-corrected chi connectivity index (χ1v) is 6.32. The summed E-state index contributed by atoms with van der Waals surface area (Å²) in [6, 6.07) is 10.4. The quantitative estimate of drug-likeness (QED) is 0.845. The third-order valence-corrected chi connectivity index (χ3v) is 3.55. The standard InChI is InChI=1S/C11H10INS/c12-10-3-1-8(2-4-10)11(13)9-5-6-14-7-9/h1-7,11H,13H2/t11-/m1/s1. The molecule has 3 heteroatoms. The zero-order chi connectivity index (χ0) is 9.97. The molecule has 1 atom stereocenters. The normalized spacial score (nSPS) is 12.7. The first-order chi connectivity index (χ1) is 6.77. The lowest BCUT2D eigenvalue weighted by molar-refractivity contribution is 0.876. The highest BCUT2D eigenvalue weighted by atomic mass is 127. The van der Waals surface area contributed by atoms with Crippen molar-refractivity contribution in [1.29, 1.82) is 0 Å². The van der Waals surface area contributed by atoms with Gasteiger partial charge in [0.05, 0.1) is 6.04 Å². The van der Waals surface area contributed by atoms with E-state index in [1.165, 1.54) is 14.7 Å². The Labute approximate surface area is 101 Å². The van der Waals surface area contributed by atoms with Crippen LogP contribution in [0, 0.1) is 3.57 Å². The topological polar surface area (TPSA) is 26.0 Å². The summed E-state index contributed by atoms with van der Waals surface area (Å²) in [6.07, 6.45) is 0. The Morgan fingerprint density at radius 3 is 2.36 bits per heavy atom. The van der Waals surface area contributed by atoms with Crippen molar-refractivity contribution in [1.82, 2.24) is 0 Å². The van der Waals surface area contributed by atoms with E-state index in [1.54, 1.807) is 11.3 Å². The van der Waals surface area contributed by atoms with Gasteiger partial charge in [-0.1, -0.05) is 12.1 Å². The van der Waals surface area contributed by atoms with Crippen LogP contribution in [0.4, 0.5) is 0 Å². The molecule has 0 unspecified atom stereocenters. The molecule has 0 aliphatic carbocycles. The first kappa shape index (κ1) is 10.1. The molecule has 2 aromatic rings. The van der Waals surface area contributed by atoms with Crippen molar-refractivity contribution in [2.75, 3.05) is 0 Å². The van der Waals surface area contributed by atoms with E-state index in [2.05, 4.69) is 63.7 Å². The zero-order valence-corrected chi connectivity index (χ0v) is 10.5. The predicted molar refractivity (Wildman–Crippen MR) is 69.5 cm³/mol. The third kappa shape index (κ3) is 2.16. The number of hydrogen-bond acceptors (Lipinski definition) is 2. The molecule has 14 heavy (non-hydrogen) atoms. The van der Waals surface area contributed by atoms with Crippen LogP contribution in [0.2, 0.25) is 0 Å². The van der Waals surface area contributed by atoms with Crippen molar-refractivity contribution in [2.45, 2.75) is 6.04 Å². The molecule has 0 radical (unpaired) electrons. The maximum absolute atomic E-state index is 6.12. The average molecular weight is 315 g/mol.